The van der Waals surface area contributed by atoms with Crippen molar-refractivity contribution in [3.05, 3.63) is 51.5 Å². The van der Waals surface area contributed by atoms with Gasteiger partial charge in [-0.05, 0) is 38.0 Å². The second-order valence-electron chi connectivity index (χ2n) is 5.43. The summed E-state index contributed by atoms with van der Waals surface area (Å²) in [6.07, 6.45) is 0.885. The Labute approximate surface area is 140 Å². The summed E-state index contributed by atoms with van der Waals surface area (Å²) in [4.78, 5) is 28.9. The van der Waals surface area contributed by atoms with Crippen molar-refractivity contribution in [3.63, 3.8) is 0 Å². The van der Waals surface area contributed by atoms with E-state index in [0.29, 0.717) is 17.0 Å². The first-order valence-corrected chi connectivity index (χ1v) is 8.47. The molecule has 0 fully saturated rings. The molecule has 0 spiro atoms. The van der Waals surface area contributed by atoms with Crippen molar-refractivity contribution < 1.29 is 9.59 Å². The van der Waals surface area contributed by atoms with Gasteiger partial charge in [-0.15, -0.1) is 11.3 Å². The molecule has 5 nitrogen and oxygen atoms in total. The van der Waals surface area contributed by atoms with E-state index in [2.05, 4.69) is 15.6 Å². The SMILES string of the molecule is CC[C@@H](C)NC(=O)c1cccc(CNC(=O)c2scnc2C)c1. The molecule has 1 aromatic carbocycles. The molecule has 0 saturated carbocycles. The number of carbonyl (C=O) groups excluding carboxylic acids is 2. The molecule has 1 heterocycles. The van der Waals surface area contributed by atoms with Gasteiger partial charge in [0.15, 0.2) is 0 Å². The van der Waals surface area contributed by atoms with Gasteiger partial charge in [0.25, 0.3) is 11.8 Å². The number of rotatable bonds is 6. The van der Waals surface area contributed by atoms with E-state index in [9.17, 15) is 9.59 Å². The highest BCUT2D eigenvalue weighted by Gasteiger charge is 2.12. The maximum atomic E-state index is 12.1. The van der Waals surface area contributed by atoms with Crippen molar-refractivity contribution >= 4 is 23.2 Å². The molecule has 0 bridgehead atoms. The monoisotopic (exact) mass is 331 g/mol. The molecule has 2 rings (SSSR count). The van der Waals surface area contributed by atoms with Crippen LogP contribution < -0.4 is 10.6 Å². The summed E-state index contributed by atoms with van der Waals surface area (Å²) in [5.41, 5.74) is 3.88. The van der Waals surface area contributed by atoms with Crippen LogP contribution in [0.25, 0.3) is 0 Å². The van der Waals surface area contributed by atoms with Crippen molar-refractivity contribution in [1.82, 2.24) is 15.6 Å². The lowest BCUT2D eigenvalue weighted by atomic mass is 10.1. The molecule has 0 aliphatic carbocycles. The number of hydrogen-bond acceptors (Lipinski definition) is 4. The summed E-state index contributed by atoms with van der Waals surface area (Å²) >= 11 is 1.32. The van der Waals surface area contributed by atoms with E-state index in [1.165, 1.54) is 11.3 Å². The van der Waals surface area contributed by atoms with Gasteiger partial charge in [-0.3, -0.25) is 9.59 Å². The zero-order valence-electron chi connectivity index (χ0n) is 13.6. The van der Waals surface area contributed by atoms with Crippen LogP contribution in [0.5, 0.6) is 0 Å². The van der Waals surface area contributed by atoms with Crippen LogP contribution in [0.3, 0.4) is 0 Å². The lowest BCUT2D eigenvalue weighted by Gasteiger charge is -2.12. The summed E-state index contributed by atoms with van der Waals surface area (Å²) in [5.74, 6) is -0.231. The maximum Gasteiger partial charge on any atom is 0.263 e. The highest BCUT2D eigenvalue weighted by molar-refractivity contribution is 7.11. The summed E-state index contributed by atoms with van der Waals surface area (Å²) in [6, 6.07) is 7.43. The number of benzene rings is 1. The Bertz CT molecular complexity index is 697. The molecule has 0 saturated heterocycles. The Morgan fingerprint density at radius 3 is 2.74 bits per heavy atom. The lowest BCUT2D eigenvalue weighted by molar-refractivity contribution is 0.0937. The Morgan fingerprint density at radius 2 is 2.09 bits per heavy atom. The molecule has 2 N–H and O–H groups in total. The molecule has 2 amide bonds. The van der Waals surface area contributed by atoms with Crippen LogP contribution in [0.15, 0.2) is 29.8 Å². The summed E-state index contributed by atoms with van der Waals surface area (Å²) < 4.78 is 0. The van der Waals surface area contributed by atoms with E-state index in [0.717, 1.165) is 17.7 Å². The second kappa shape index (κ2) is 7.87. The smallest absolute Gasteiger partial charge is 0.263 e. The van der Waals surface area contributed by atoms with Gasteiger partial charge in [-0.1, -0.05) is 19.1 Å². The van der Waals surface area contributed by atoms with E-state index in [4.69, 9.17) is 0 Å². The molecule has 0 aliphatic heterocycles. The van der Waals surface area contributed by atoms with Crippen LogP contribution in [-0.2, 0) is 6.54 Å². The molecule has 6 heteroatoms. The standard InChI is InChI=1S/C17H21N3O2S/c1-4-11(2)20-16(21)14-7-5-6-13(8-14)9-18-17(22)15-12(3)19-10-23-15/h5-8,10-11H,4,9H2,1-3H3,(H,18,22)(H,20,21)/t11-/m1/s1. The van der Waals surface area contributed by atoms with Crippen LogP contribution >= 0.6 is 11.3 Å². The first-order valence-electron chi connectivity index (χ1n) is 7.59. The zero-order chi connectivity index (χ0) is 16.8. The van der Waals surface area contributed by atoms with Crippen molar-refractivity contribution in [1.29, 1.82) is 0 Å². The third kappa shape index (κ3) is 4.63. The van der Waals surface area contributed by atoms with E-state index < -0.39 is 0 Å². The average molecular weight is 331 g/mol. The number of carbonyl (C=O) groups is 2. The summed E-state index contributed by atoms with van der Waals surface area (Å²) in [7, 11) is 0. The Kier molecular flexibility index (Phi) is 5.87. The van der Waals surface area contributed by atoms with Gasteiger partial charge >= 0.3 is 0 Å². The highest BCUT2D eigenvalue weighted by Crippen LogP contribution is 2.12. The predicted molar refractivity (Wildman–Crippen MR) is 91.7 cm³/mol. The normalized spacial score (nSPS) is 11.8. The molecule has 0 unspecified atom stereocenters. The number of nitrogens with zero attached hydrogens (tertiary/aromatic N) is 1. The van der Waals surface area contributed by atoms with Gasteiger partial charge in [0.2, 0.25) is 0 Å². The molecule has 122 valence electrons. The molecule has 1 aromatic heterocycles. The lowest BCUT2D eigenvalue weighted by Crippen LogP contribution is -2.32. The Hall–Kier alpha value is -2.21. The van der Waals surface area contributed by atoms with Crippen molar-refractivity contribution in [2.45, 2.75) is 39.8 Å². The summed E-state index contributed by atoms with van der Waals surface area (Å²) in [5, 5.41) is 5.79. The summed E-state index contributed by atoms with van der Waals surface area (Å²) in [6.45, 7) is 6.18. The van der Waals surface area contributed by atoms with Crippen LogP contribution in [0.1, 0.15) is 51.6 Å². The topological polar surface area (TPSA) is 71.1 Å². The number of aromatic nitrogens is 1. The Balaban J connectivity index is 1.99. The fraction of sp³-hybridized carbons (Fsp3) is 0.353. The molecule has 23 heavy (non-hydrogen) atoms. The minimum absolute atomic E-state index is 0.0918. The van der Waals surface area contributed by atoms with Gasteiger partial charge in [0.1, 0.15) is 4.88 Å². The van der Waals surface area contributed by atoms with Crippen molar-refractivity contribution in [2.75, 3.05) is 0 Å². The molecule has 1 atom stereocenters. The highest BCUT2D eigenvalue weighted by atomic mass is 32.1. The largest absolute Gasteiger partial charge is 0.350 e. The van der Waals surface area contributed by atoms with Crippen LogP contribution in [0.4, 0.5) is 0 Å². The van der Waals surface area contributed by atoms with Crippen LogP contribution in [0, 0.1) is 6.92 Å². The number of aryl methyl sites for hydroxylation is 1. The van der Waals surface area contributed by atoms with Gasteiger partial charge in [0, 0.05) is 18.2 Å². The molecule has 2 aromatic rings. The van der Waals surface area contributed by atoms with Crippen molar-refractivity contribution in [3.8, 4) is 0 Å². The van der Waals surface area contributed by atoms with Gasteiger partial charge in [-0.25, -0.2) is 4.98 Å². The first kappa shape index (κ1) is 17.1. The van der Waals surface area contributed by atoms with Crippen molar-refractivity contribution in [2.24, 2.45) is 0 Å². The van der Waals surface area contributed by atoms with E-state index in [1.54, 1.807) is 17.6 Å². The third-order valence-electron chi connectivity index (χ3n) is 3.58. The number of amides is 2. The zero-order valence-corrected chi connectivity index (χ0v) is 14.4. The quantitative estimate of drug-likeness (QED) is 0.855. The first-order chi connectivity index (χ1) is 11.0. The molecular formula is C17H21N3O2S. The van der Waals surface area contributed by atoms with E-state index in [-0.39, 0.29) is 17.9 Å². The molecule has 0 radical (unpaired) electrons. The fourth-order valence-corrected chi connectivity index (χ4v) is 2.73. The number of nitrogens with one attached hydrogen (secondary N) is 2. The predicted octanol–water partition coefficient (Wildman–Crippen LogP) is 2.91. The van der Waals surface area contributed by atoms with E-state index >= 15 is 0 Å². The fourth-order valence-electron chi connectivity index (χ4n) is 2.01. The maximum absolute atomic E-state index is 12.1. The van der Waals surface area contributed by atoms with Crippen LogP contribution in [-0.4, -0.2) is 22.8 Å². The van der Waals surface area contributed by atoms with Crippen LogP contribution in [0.2, 0.25) is 0 Å². The van der Waals surface area contributed by atoms with Gasteiger partial charge < -0.3 is 10.6 Å². The van der Waals surface area contributed by atoms with Gasteiger partial charge in [0.05, 0.1) is 11.2 Å². The third-order valence-corrected chi connectivity index (χ3v) is 4.51. The average Bonchev–Trinajstić information content (AvgIpc) is 2.98. The van der Waals surface area contributed by atoms with Gasteiger partial charge in [-0.2, -0.15) is 0 Å². The molecule has 0 aliphatic rings. The number of hydrogen-bond donors (Lipinski definition) is 2. The Morgan fingerprint density at radius 1 is 1.30 bits per heavy atom. The molecular weight excluding hydrogens is 310 g/mol. The minimum atomic E-state index is -0.139. The number of thiazole rings is 1. The minimum Gasteiger partial charge on any atom is -0.350 e. The second-order valence-corrected chi connectivity index (χ2v) is 6.29. The van der Waals surface area contributed by atoms with E-state index in [1.807, 2.05) is 32.9 Å².